The van der Waals surface area contributed by atoms with Crippen LogP contribution < -0.4 is 16.4 Å². The minimum Gasteiger partial charge on any atom is -0.389 e. The van der Waals surface area contributed by atoms with E-state index in [0.29, 0.717) is 17.3 Å². The van der Waals surface area contributed by atoms with Gasteiger partial charge in [-0.25, -0.2) is 0 Å². The van der Waals surface area contributed by atoms with E-state index in [1.807, 2.05) is 18.2 Å². The number of benzene rings is 1. The Hall–Kier alpha value is -1.14. The molecule has 0 radical (unpaired) electrons. The van der Waals surface area contributed by atoms with E-state index in [1.165, 1.54) is 0 Å². The number of carbonyl (C=O) groups excluding carboxylic acids is 1. The fraction of sp³-hybridized carbons (Fsp3) is 0.429. The van der Waals surface area contributed by atoms with Crippen molar-refractivity contribution in [2.75, 3.05) is 18.0 Å². The predicted octanol–water partition coefficient (Wildman–Crippen LogP) is 2.18. The molecule has 0 unspecified atom stereocenters. The molecule has 0 atom stereocenters. The van der Waals surface area contributed by atoms with Gasteiger partial charge in [-0.2, -0.15) is 0 Å². The zero-order valence-corrected chi connectivity index (χ0v) is 13.5. The number of hydrogen-bond acceptors (Lipinski definition) is 3. The highest BCUT2D eigenvalue weighted by Crippen LogP contribution is 2.31. The van der Waals surface area contributed by atoms with E-state index in [2.05, 4.69) is 20.8 Å². The van der Waals surface area contributed by atoms with Crippen LogP contribution in [0.4, 0.5) is 5.69 Å². The number of carbonyl (C=O) groups is 1. The molecule has 1 aliphatic rings. The van der Waals surface area contributed by atoms with Crippen LogP contribution in [-0.2, 0) is 4.79 Å². The van der Waals surface area contributed by atoms with E-state index in [4.69, 9.17) is 23.7 Å². The molecule has 1 aromatic carbocycles. The van der Waals surface area contributed by atoms with Gasteiger partial charge in [0.15, 0.2) is 0 Å². The smallest absolute Gasteiger partial charge is 0.217 e. The van der Waals surface area contributed by atoms with Crippen molar-refractivity contribution in [1.29, 1.82) is 0 Å². The number of rotatable bonds is 4. The maximum atomic E-state index is 11.0. The summed E-state index contributed by atoms with van der Waals surface area (Å²) in [6.45, 7) is 1.87. The lowest BCUT2D eigenvalue weighted by Crippen LogP contribution is -2.35. The lowest BCUT2D eigenvalue weighted by molar-refractivity contribution is -0.119. The minimum atomic E-state index is -0.203. The van der Waals surface area contributed by atoms with Crippen molar-refractivity contribution in [3.05, 3.63) is 28.2 Å². The van der Waals surface area contributed by atoms with Crippen LogP contribution in [0.5, 0.6) is 0 Å². The second kappa shape index (κ2) is 6.54. The van der Waals surface area contributed by atoms with Gasteiger partial charge in [-0.15, -0.1) is 0 Å². The van der Waals surface area contributed by atoms with Gasteiger partial charge in [-0.1, -0.05) is 12.2 Å². The van der Waals surface area contributed by atoms with Crippen LogP contribution in [0.15, 0.2) is 22.7 Å². The molecule has 1 heterocycles. The first-order chi connectivity index (χ1) is 9.47. The van der Waals surface area contributed by atoms with Crippen LogP contribution in [-0.4, -0.2) is 24.0 Å². The van der Waals surface area contributed by atoms with Gasteiger partial charge in [0.25, 0.3) is 0 Å². The topological polar surface area (TPSA) is 72.4 Å². The highest BCUT2D eigenvalue weighted by atomic mass is 79.9. The Morgan fingerprint density at radius 3 is 2.50 bits per heavy atom. The normalized spacial score (nSPS) is 16.1. The number of hydrogen-bond donors (Lipinski definition) is 2. The summed E-state index contributed by atoms with van der Waals surface area (Å²) in [6, 6.07) is 5.93. The van der Waals surface area contributed by atoms with E-state index < -0.39 is 0 Å². The first-order valence-electron chi connectivity index (χ1n) is 6.60. The monoisotopic (exact) mass is 355 g/mol. The molecule has 1 aromatic rings. The zero-order chi connectivity index (χ0) is 14.7. The molecule has 0 aromatic heterocycles. The van der Waals surface area contributed by atoms with Crippen molar-refractivity contribution in [3.63, 3.8) is 0 Å². The van der Waals surface area contributed by atoms with Crippen LogP contribution in [0.25, 0.3) is 0 Å². The van der Waals surface area contributed by atoms with Crippen LogP contribution in [0.1, 0.15) is 24.8 Å². The Morgan fingerprint density at radius 1 is 1.35 bits per heavy atom. The van der Waals surface area contributed by atoms with E-state index in [-0.39, 0.29) is 5.91 Å². The molecule has 0 bridgehead atoms. The van der Waals surface area contributed by atoms with Crippen LogP contribution in [0, 0.1) is 5.92 Å². The summed E-state index contributed by atoms with van der Waals surface area (Å²) in [5, 5.41) is 0. The van der Waals surface area contributed by atoms with Gasteiger partial charge in [0, 0.05) is 29.5 Å². The SMILES string of the molecule is NC(=O)CC1CCN(c2ccc(C(N)=S)cc2Br)CC1. The van der Waals surface area contributed by atoms with Crippen molar-refractivity contribution in [3.8, 4) is 0 Å². The molecule has 2 rings (SSSR count). The second-order valence-corrected chi connectivity index (χ2v) is 6.43. The molecule has 4 nitrogen and oxygen atoms in total. The number of halogens is 1. The van der Waals surface area contributed by atoms with Gasteiger partial charge in [0.1, 0.15) is 4.99 Å². The van der Waals surface area contributed by atoms with Crippen LogP contribution >= 0.6 is 28.1 Å². The molecular weight excluding hydrogens is 338 g/mol. The maximum absolute atomic E-state index is 11.0. The molecule has 1 fully saturated rings. The molecule has 1 saturated heterocycles. The van der Waals surface area contributed by atoms with Crippen molar-refractivity contribution in [2.24, 2.45) is 17.4 Å². The number of nitrogens with zero attached hydrogens (tertiary/aromatic N) is 1. The van der Waals surface area contributed by atoms with Gasteiger partial charge in [-0.05, 0) is 52.9 Å². The number of nitrogens with two attached hydrogens (primary N) is 2. The third kappa shape index (κ3) is 3.70. The lowest BCUT2D eigenvalue weighted by atomic mass is 9.93. The van der Waals surface area contributed by atoms with Gasteiger partial charge >= 0.3 is 0 Å². The zero-order valence-electron chi connectivity index (χ0n) is 11.1. The fourth-order valence-corrected chi connectivity index (χ4v) is 3.34. The van der Waals surface area contributed by atoms with E-state index in [1.54, 1.807) is 0 Å². The largest absolute Gasteiger partial charge is 0.389 e. The molecule has 4 N–H and O–H groups in total. The highest BCUT2D eigenvalue weighted by Gasteiger charge is 2.22. The Balaban J connectivity index is 2.03. The summed E-state index contributed by atoms with van der Waals surface area (Å²) in [6.07, 6.45) is 2.48. The van der Waals surface area contributed by atoms with Gasteiger partial charge in [0.05, 0.1) is 5.69 Å². The molecule has 108 valence electrons. The molecule has 0 saturated carbocycles. The quantitative estimate of drug-likeness (QED) is 0.811. The molecule has 1 amide bonds. The Labute approximate surface area is 132 Å². The number of piperidine rings is 1. The van der Waals surface area contributed by atoms with Crippen molar-refractivity contribution < 1.29 is 4.79 Å². The first kappa shape index (κ1) is 15.3. The minimum absolute atomic E-state index is 0.203. The van der Waals surface area contributed by atoms with Crippen molar-refractivity contribution in [2.45, 2.75) is 19.3 Å². The lowest BCUT2D eigenvalue weighted by Gasteiger charge is -2.34. The van der Waals surface area contributed by atoms with Crippen LogP contribution in [0.2, 0.25) is 0 Å². The van der Waals surface area contributed by atoms with Gasteiger partial charge in [-0.3, -0.25) is 4.79 Å². The third-order valence-electron chi connectivity index (χ3n) is 3.68. The van der Waals surface area contributed by atoms with Crippen LogP contribution in [0.3, 0.4) is 0 Å². The summed E-state index contributed by atoms with van der Waals surface area (Å²) in [4.78, 5) is 13.7. The molecule has 0 aliphatic carbocycles. The number of thiocarbonyl (C=S) groups is 1. The molecule has 6 heteroatoms. The van der Waals surface area contributed by atoms with Crippen molar-refractivity contribution in [1.82, 2.24) is 0 Å². The first-order valence-corrected chi connectivity index (χ1v) is 7.80. The number of anilines is 1. The van der Waals surface area contributed by atoms with E-state index in [9.17, 15) is 4.79 Å². The number of primary amides is 1. The standard InChI is InChI=1S/C14H18BrN3OS/c15-11-8-10(14(17)20)1-2-12(11)18-5-3-9(4-6-18)7-13(16)19/h1-2,8-9H,3-7H2,(H2,16,19)(H2,17,20). The third-order valence-corrected chi connectivity index (χ3v) is 4.55. The summed E-state index contributed by atoms with van der Waals surface area (Å²) >= 11 is 8.55. The summed E-state index contributed by atoms with van der Waals surface area (Å²) in [7, 11) is 0. The second-order valence-electron chi connectivity index (χ2n) is 5.13. The Morgan fingerprint density at radius 2 is 2.00 bits per heavy atom. The average molecular weight is 356 g/mol. The Bertz CT molecular complexity index is 527. The maximum Gasteiger partial charge on any atom is 0.217 e. The highest BCUT2D eigenvalue weighted by molar-refractivity contribution is 9.10. The van der Waals surface area contributed by atoms with Crippen molar-refractivity contribution >= 4 is 44.7 Å². The molecule has 1 aliphatic heterocycles. The van der Waals surface area contributed by atoms with Gasteiger partial charge < -0.3 is 16.4 Å². The summed E-state index contributed by atoms with van der Waals surface area (Å²) in [5.41, 5.74) is 12.9. The summed E-state index contributed by atoms with van der Waals surface area (Å²) in [5.74, 6) is 0.212. The average Bonchev–Trinajstić information content (AvgIpc) is 2.39. The molecule has 20 heavy (non-hydrogen) atoms. The van der Waals surface area contributed by atoms with E-state index >= 15 is 0 Å². The van der Waals surface area contributed by atoms with Gasteiger partial charge in [0.2, 0.25) is 5.91 Å². The number of amides is 1. The predicted molar refractivity (Wildman–Crippen MR) is 88.8 cm³/mol. The fourth-order valence-electron chi connectivity index (χ4n) is 2.58. The molecular formula is C14H18BrN3OS. The summed E-state index contributed by atoms with van der Waals surface area (Å²) < 4.78 is 0.996. The van der Waals surface area contributed by atoms with E-state index in [0.717, 1.165) is 41.7 Å². The molecule has 0 spiro atoms. The Kier molecular flexibility index (Phi) is 4.99.